The summed E-state index contributed by atoms with van der Waals surface area (Å²) in [5.74, 6) is -0.131. The molecule has 2 heterocycles. The Labute approximate surface area is 180 Å². The maximum Gasteiger partial charge on any atom is 0.251 e. The Bertz CT molecular complexity index is 1150. The SMILES string of the molecule is COc1ccc(C(=O)NCc2ccc(-n3cncn3)cc2)cc1S(=O)(=O)N1CCCC1. The van der Waals surface area contributed by atoms with Gasteiger partial charge in [-0.15, -0.1) is 0 Å². The molecule has 1 saturated heterocycles. The number of amides is 1. The Kier molecular flexibility index (Phi) is 6.01. The largest absolute Gasteiger partial charge is 0.495 e. The number of rotatable bonds is 7. The number of nitrogens with one attached hydrogen (secondary N) is 1. The first-order valence-electron chi connectivity index (χ1n) is 9.89. The third-order valence-corrected chi connectivity index (χ3v) is 7.10. The van der Waals surface area contributed by atoms with Crippen molar-refractivity contribution in [1.82, 2.24) is 24.4 Å². The number of hydrogen-bond donors (Lipinski definition) is 1. The van der Waals surface area contributed by atoms with Crippen molar-refractivity contribution >= 4 is 15.9 Å². The van der Waals surface area contributed by atoms with Crippen LogP contribution in [0.5, 0.6) is 5.75 Å². The van der Waals surface area contributed by atoms with Crippen molar-refractivity contribution in [2.24, 2.45) is 0 Å². The molecule has 9 nitrogen and oxygen atoms in total. The second-order valence-corrected chi connectivity index (χ2v) is 9.07. The van der Waals surface area contributed by atoms with E-state index in [1.54, 1.807) is 17.1 Å². The maximum absolute atomic E-state index is 13.0. The average Bonchev–Trinajstić information content (AvgIpc) is 3.52. The molecule has 4 rings (SSSR count). The van der Waals surface area contributed by atoms with Crippen LogP contribution in [-0.2, 0) is 16.6 Å². The van der Waals surface area contributed by atoms with Gasteiger partial charge in [-0.3, -0.25) is 4.79 Å². The fourth-order valence-corrected chi connectivity index (χ4v) is 5.18. The van der Waals surface area contributed by atoms with Crippen molar-refractivity contribution in [2.75, 3.05) is 20.2 Å². The summed E-state index contributed by atoms with van der Waals surface area (Å²) in [5.41, 5.74) is 2.02. The van der Waals surface area contributed by atoms with Gasteiger partial charge in [0.2, 0.25) is 10.0 Å². The second kappa shape index (κ2) is 8.86. The van der Waals surface area contributed by atoms with Crippen molar-refractivity contribution in [1.29, 1.82) is 0 Å². The number of sulfonamides is 1. The van der Waals surface area contributed by atoms with Crippen LogP contribution in [0, 0.1) is 0 Å². The van der Waals surface area contributed by atoms with Crippen LogP contribution in [0.3, 0.4) is 0 Å². The van der Waals surface area contributed by atoms with E-state index in [9.17, 15) is 13.2 Å². The van der Waals surface area contributed by atoms with E-state index in [1.165, 1.54) is 29.9 Å². The summed E-state index contributed by atoms with van der Waals surface area (Å²) in [6.45, 7) is 1.26. The second-order valence-electron chi connectivity index (χ2n) is 7.17. The number of hydrogen-bond acceptors (Lipinski definition) is 6. The van der Waals surface area contributed by atoms with Crippen LogP contribution in [0.15, 0.2) is 60.0 Å². The molecule has 162 valence electrons. The molecule has 0 bridgehead atoms. The first-order chi connectivity index (χ1) is 15.0. The smallest absolute Gasteiger partial charge is 0.251 e. The molecule has 1 aromatic heterocycles. The highest BCUT2D eigenvalue weighted by Crippen LogP contribution is 2.29. The van der Waals surface area contributed by atoms with Gasteiger partial charge in [-0.2, -0.15) is 9.40 Å². The Morgan fingerprint density at radius 1 is 1.13 bits per heavy atom. The predicted molar refractivity (Wildman–Crippen MR) is 114 cm³/mol. The molecule has 0 unspecified atom stereocenters. The van der Waals surface area contributed by atoms with E-state index in [4.69, 9.17) is 4.74 Å². The maximum atomic E-state index is 13.0. The van der Waals surface area contributed by atoms with Gasteiger partial charge < -0.3 is 10.1 Å². The summed E-state index contributed by atoms with van der Waals surface area (Å²) in [6, 6.07) is 12.0. The zero-order valence-corrected chi connectivity index (χ0v) is 17.9. The van der Waals surface area contributed by atoms with Crippen LogP contribution in [0.25, 0.3) is 5.69 Å². The molecule has 1 aliphatic heterocycles. The summed E-state index contributed by atoms with van der Waals surface area (Å²) >= 11 is 0. The van der Waals surface area contributed by atoms with Gasteiger partial charge in [-0.1, -0.05) is 12.1 Å². The van der Waals surface area contributed by atoms with Crippen molar-refractivity contribution in [3.63, 3.8) is 0 Å². The normalized spacial score (nSPS) is 14.5. The van der Waals surface area contributed by atoms with Gasteiger partial charge in [0.25, 0.3) is 5.91 Å². The van der Waals surface area contributed by atoms with E-state index >= 15 is 0 Å². The molecule has 1 aliphatic rings. The van der Waals surface area contributed by atoms with Gasteiger partial charge in [0.05, 0.1) is 12.8 Å². The van der Waals surface area contributed by atoms with Crippen LogP contribution in [0.1, 0.15) is 28.8 Å². The number of carbonyl (C=O) groups is 1. The van der Waals surface area contributed by atoms with E-state index in [0.29, 0.717) is 19.6 Å². The summed E-state index contributed by atoms with van der Waals surface area (Å²) in [5, 5.41) is 6.91. The third-order valence-electron chi connectivity index (χ3n) is 5.18. The highest BCUT2D eigenvalue weighted by molar-refractivity contribution is 7.89. The standard InChI is InChI=1S/C21H23N5O4S/c1-30-19-9-6-17(12-20(19)31(28,29)25-10-2-3-11-25)21(27)23-13-16-4-7-18(8-5-16)26-15-22-14-24-26/h4-9,12,14-15H,2-3,10-11,13H2,1H3,(H,23,27). The highest BCUT2D eigenvalue weighted by atomic mass is 32.2. The number of ether oxygens (including phenoxy) is 1. The zero-order chi connectivity index (χ0) is 21.8. The number of methoxy groups -OCH3 is 1. The minimum atomic E-state index is -3.72. The van der Waals surface area contributed by atoms with Gasteiger partial charge in [0.15, 0.2) is 0 Å². The lowest BCUT2D eigenvalue weighted by molar-refractivity contribution is 0.0950. The minimum Gasteiger partial charge on any atom is -0.495 e. The Balaban J connectivity index is 1.48. The van der Waals surface area contributed by atoms with E-state index < -0.39 is 10.0 Å². The van der Waals surface area contributed by atoms with Gasteiger partial charge in [-0.25, -0.2) is 18.1 Å². The molecule has 0 atom stereocenters. The van der Waals surface area contributed by atoms with E-state index in [-0.39, 0.29) is 22.1 Å². The Hall–Kier alpha value is -3.24. The van der Waals surface area contributed by atoms with Crippen LogP contribution < -0.4 is 10.1 Å². The fraction of sp³-hybridized carbons (Fsp3) is 0.286. The first-order valence-corrected chi connectivity index (χ1v) is 11.3. The lowest BCUT2D eigenvalue weighted by Crippen LogP contribution is -2.29. The number of aromatic nitrogens is 3. The van der Waals surface area contributed by atoms with Crippen LogP contribution >= 0.6 is 0 Å². The molecule has 2 aromatic carbocycles. The molecule has 0 aliphatic carbocycles. The molecule has 1 fully saturated rings. The number of nitrogens with zero attached hydrogens (tertiary/aromatic N) is 4. The molecule has 3 aromatic rings. The fourth-order valence-electron chi connectivity index (χ4n) is 3.48. The number of benzene rings is 2. The Morgan fingerprint density at radius 2 is 1.87 bits per heavy atom. The minimum absolute atomic E-state index is 0.0155. The van der Waals surface area contributed by atoms with Crippen molar-refractivity contribution < 1.29 is 17.9 Å². The summed E-state index contributed by atoms with van der Waals surface area (Å²) < 4.78 is 34.3. The van der Waals surface area contributed by atoms with E-state index in [0.717, 1.165) is 24.1 Å². The van der Waals surface area contributed by atoms with Gasteiger partial charge >= 0.3 is 0 Å². The van der Waals surface area contributed by atoms with Crippen LogP contribution in [0.4, 0.5) is 0 Å². The molecule has 31 heavy (non-hydrogen) atoms. The van der Waals surface area contributed by atoms with Crippen molar-refractivity contribution in [3.8, 4) is 11.4 Å². The number of carbonyl (C=O) groups excluding carboxylic acids is 1. The predicted octanol–water partition coefficient (Wildman–Crippen LogP) is 1.99. The van der Waals surface area contributed by atoms with Gasteiger partial charge in [-0.05, 0) is 48.7 Å². The molecular weight excluding hydrogens is 418 g/mol. The van der Waals surface area contributed by atoms with Gasteiger partial charge in [0.1, 0.15) is 23.3 Å². The molecular formula is C21H23N5O4S. The molecule has 1 amide bonds. The lowest BCUT2D eigenvalue weighted by Gasteiger charge is -2.18. The summed E-state index contributed by atoms with van der Waals surface area (Å²) in [6.07, 6.45) is 4.73. The monoisotopic (exact) mass is 441 g/mol. The lowest BCUT2D eigenvalue weighted by atomic mass is 10.1. The Morgan fingerprint density at radius 3 is 2.52 bits per heavy atom. The topological polar surface area (TPSA) is 106 Å². The highest BCUT2D eigenvalue weighted by Gasteiger charge is 2.30. The molecule has 1 N–H and O–H groups in total. The molecule has 0 saturated carbocycles. The molecule has 10 heteroatoms. The first kappa shape index (κ1) is 21.0. The molecule has 0 spiro atoms. The zero-order valence-electron chi connectivity index (χ0n) is 17.1. The average molecular weight is 442 g/mol. The van der Waals surface area contributed by atoms with E-state index in [2.05, 4.69) is 15.4 Å². The summed E-state index contributed by atoms with van der Waals surface area (Å²) in [7, 11) is -2.30. The van der Waals surface area contributed by atoms with Crippen LogP contribution in [0.2, 0.25) is 0 Å². The van der Waals surface area contributed by atoms with E-state index in [1.807, 2.05) is 24.3 Å². The molecule has 0 radical (unpaired) electrons. The quantitative estimate of drug-likeness (QED) is 0.601. The third kappa shape index (κ3) is 4.44. The van der Waals surface area contributed by atoms with Crippen molar-refractivity contribution in [3.05, 3.63) is 66.2 Å². The van der Waals surface area contributed by atoms with Crippen molar-refractivity contribution in [2.45, 2.75) is 24.3 Å². The van der Waals surface area contributed by atoms with Crippen LogP contribution in [-0.4, -0.2) is 53.6 Å². The summed E-state index contributed by atoms with van der Waals surface area (Å²) in [4.78, 5) is 16.6. The van der Waals surface area contributed by atoms with Gasteiger partial charge in [0, 0.05) is 25.2 Å².